The molecule has 1 fully saturated rings. The maximum Gasteiger partial charge on any atom is 0.336 e. The highest BCUT2D eigenvalue weighted by Gasteiger charge is 2.21. The molecule has 1 aromatic carbocycles. The van der Waals surface area contributed by atoms with Gasteiger partial charge in [0.05, 0.1) is 5.56 Å². The number of anilines is 1. The highest BCUT2D eigenvalue weighted by molar-refractivity contribution is 6.31. The van der Waals surface area contributed by atoms with E-state index in [0.717, 1.165) is 11.3 Å². The van der Waals surface area contributed by atoms with E-state index in [0.29, 0.717) is 17.0 Å². The van der Waals surface area contributed by atoms with Crippen LogP contribution in [-0.4, -0.2) is 17.1 Å². The van der Waals surface area contributed by atoms with Gasteiger partial charge in [-0.1, -0.05) is 30.9 Å². The lowest BCUT2D eigenvalue weighted by Crippen LogP contribution is -2.28. The van der Waals surface area contributed by atoms with E-state index < -0.39 is 5.97 Å². The number of nitrogens with one attached hydrogen (secondary N) is 1. The lowest BCUT2D eigenvalue weighted by Gasteiger charge is -2.29. The van der Waals surface area contributed by atoms with Crippen molar-refractivity contribution in [3.63, 3.8) is 0 Å². The molecule has 0 spiro atoms. The zero-order valence-corrected chi connectivity index (χ0v) is 12.8. The fraction of sp³-hybridized carbons (Fsp3) is 0.562. The summed E-state index contributed by atoms with van der Waals surface area (Å²) in [6, 6.07) is 3.67. The topological polar surface area (TPSA) is 49.3 Å². The van der Waals surface area contributed by atoms with Crippen molar-refractivity contribution in [2.24, 2.45) is 5.92 Å². The fourth-order valence-corrected chi connectivity index (χ4v) is 3.27. The summed E-state index contributed by atoms with van der Waals surface area (Å²) < 4.78 is 0. The summed E-state index contributed by atoms with van der Waals surface area (Å²) in [5.74, 6) is -0.270. The molecule has 1 unspecified atom stereocenters. The average molecular weight is 296 g/mol. The molecular formula is C16H22ClNO2. The summed E-state index contributed by atoms with van der Waals surface area (Å²) in [6.45, 7) is 4.01. The number of rotatable bonds is 4. The first-order valence-corrected chi connectivity index (χ1v) is 7.67. The minimum atomic E-state index is -0.932. The third-order valence-corrected chi connectivity index (χ3v) is 4.56. The highest BCUT2D eigenvalue weighted by atomic mass is 35.5. The Kier molecular flexibility index (Phi) is 4.92. The number of aromatic carboxylic acids is 1. The Morgan fingerprint density at radius 2 is 2.00 bits per heavy atom. The molecule has 0 aromatic heterocycles. The van der Waals surface area contributed by atoms with Gasteiger partial charge in [-0.15, -0.1) is 0 Å². The Balaban J connectivity index is 2.17. The van der Waals surface area contributed by atoms with Crippen molar-refractivity contribution >= 4 is 23.3 Å². The van der Waals surface area contributed by atoms with Crippen LogP contribution in [0.3, 0.4) is 0 Å². The van der Waals surface area contributed by atoms with Crippen LogP contribution in [0, 0.1) is 12.8 Å². The fourth-order valence-electron chi connectivity index (χ4n) is 3.05. The molecule has 0 heterocycles. The zero-order valence-electron chi connectivity index (χ0n) is 12.1. The molecular weight excluding hydrogens is 274 g/mol. The molecule has 1 aliphatic carbocycles. The summed E-state index contributed by atoms with van der Waals surface area (Å²) >= 11 is 6.03. The Morgan fingerprint density at radius 1 is 1.35 bits per heavy atom. The van der Waals surface area contributed by atoms with Gasteiger partial charge >= 0.3 is 5.97 Å². The number of carboxylic acid groups (broad SMARTS) is 1. The molecule has 0 aliphatic heterocycles. The van der Waals surface area contributed by atoms with E-state index in [-0.39, 0.29) is 5.56 Å². The van der Waals surface area contributed by atoms with E-state index in [9.17, 15) is 9.90 Å². The first-order chi connectivity index (χ1) is 9.49. The van der Waals surface area contributed by atoms with Crippen molar-refractivity contribution in [2.75, 3.05) is 5.32 Å². The van der Waals surface area contributed by atoms with E-state index >= 15 is 0 Å². The van der Waals surface area contributed by atoms with Crippen molar-refractivity contribution in [3.05, 3.63) is 28.3 Å². The first-order valence-electron chi connectivity index (χ1n) is 7.29. The quantitative estimate of drug-likeness (QED) is 0.844. The summed E-state index contributed by atoms with van der Waals surface area (Å²) in [5.41, 5.74) is 1.87. The Labute approximate surface area is 125 Å². The second-order valence-electron chi connectivity index (χ2n) is 5.76. The summed E-state index contributed by atoms with van der Waals surface area (Å²) in [5, 5.41) is 13.1. The van der Waals surface area contributed by atoms with Crippen LogP contribution >= 0.6 is 11.6 Å². The summed E-state index contributed by atoms with van der Waals surface area (Å²) in [4.78, 5) is 11.2. The van der Waals surface area contributed by atoms with Crippen LogP contribution in [0.25, 0.3) is 0 Å². The lowest BCUT2D eigenvalue weighted by molar-refractivity contribution is 0.0696. The molecule has 2 rings (SSSR count). The van der Waals surface area contributed by atoms with Crippen molar-refractivity contribution in [1.29, 1.82) is 0 Å². The van der Waals surface area contributed by atoms with E-state index in [1.807, 2.05) is 13.0 Å². The van der Waals surface area contributed by atoms with Gasteiger partial charge in [-0.25, -0.2) is 4.79 Å². The number of carbonyl (C=O) groups is 1. The van der Waals surface area contributed by atoms with E-state index in [2.05, 4.69) is 12.2 Å². The summed E-state index contributed by atoms with van der Waals surface area (Å²) in [7, 11) is 0. The first kappa shape index (κ1) is 15.2. The molecule has 2 N–H and O–H groups in total. The lowest BCUT2D eigenvalue weighted by atomic mass is 9.84. The Hall–Kier alpha value is -1.22. The van der Waals surface area contributed by atoms with Gasteiger partial charge in [-0.2, -0.15) is 0 Å². The molecule has 0 bridgehead atoms. The zero-order chi connectivity index (χ0) is 14.7. The molecule has 0 radical (unpaired) electrons. The Bertz CT molecular complexity index is 495. The molecule has 0 saturated heterocycles. The summed E-state index contributed by atoms with van der Waals surface area (Å²) in [6.07, 6.45) is 6.43. The molecule has 20 heavy (non-hydrogen) atoms. The highest BCUT2D eigenvalue weighted by Crippen LogP contribution is 2.30. The van der Waals surface area contributed by atoms with Crippen molar-refractivity contribution in [3.8, 4) is 0 Å². The standard InChI is InChI=1S/C16H22ClNO2/c1-10-14(16(19)20)8-13(17)9-15(10)18-11(2)12-6-4-3-5-7-12/h8-9,11-12,18H,3-7H2,1-2H3,(H,19,20). The van der Waals surface area contributed by atoms with Crippen molar-refractivity contribution < 1.29 is 9.90 Å². The van der Waals surface area contributed by atoms with Crippen LogP contribution in [0.2, 0.25) is 5.02 Å². The maximum absolute atomic E-state index is 11.2. The van der Waals surface area contributed by atoms with Gasteiger partial charge in [0.25, 0.3) is 0 Å². The molecule has 110 valence electrons. The van der Waals surface area contributed by atoms with Crippen molar-refractivity contribution in [2.45, 2.75) is 52.0 Å². The van der Waals surface area contributed by atoms with E-state index in [1.54, 1.807) is 0 Å². The van der Waals surface area contributed by atoms with Gasteiger partial charge in [0.15, 0.2) is 0 Å². The van der Waals surface area contributed by atoms with Crippen LogP contribution in [-0.2, 0) is 0 Å². The molecule has 3 nitrogen and oxygen atoms in total. The maximum atomic E-state index is 11.2. The Morgan fingerprint density at radius 3 is 2.60 bits per heavy atom. The minimum Gasteiger partial charge on any atom is -0.478 e. The number of hydrogen-bond donors (Lipinski definition) is 2. The molecule has 0 amide bonds. The van der Waals surface area contributed by atoms with E-state index in [1.165, 1.54) is 38.2 Å². The van der Waals surface area contributed by atoms with Gasteiger partial charge in [0.2, 0.25) is 0 Å². The predicted octanol–water partition coefficient (Wildman–Crippen LogP) is 4.73. The third-order valence-electron chi connectivity index (χ3n) is 4.34. The SMILES string of the molecule is Cc1c(NC(C)C2CCCCC2)cc(Cl)cc1C(=O)O. The average Bonchev–Trinajstić information content (AvgIpc) is 2.43. The van der Waals surface area contributed by atoms with Crippen molar-refractivity contribution in [1.82, 2.24) is 0 Å². The minimum absolute atomic E-state index is 0.274. The van der Waals surface area contributed by atoms with Gasteiger partial charge < -0.3 is 10.4 Å². The van der Waals surface area contributed by atoms with Crippen LogP contribution in [0.4, 0.5) is 5.69 Å². The van der Waals surface area contributed by atoms with Gasteiger partial charge in [-0.05, 0) is 50.3 Å². The number of halogens is 1. The van der Waals surface area contributed by atoms with Gasteiger partial charge in [-0.3, -0.25) is 0 Å². The second kappa shape index (κ2) is 6.49. The van der Waals surface area contributed by atoms with Crippen LogP contribution in [0.15, 0.2) is 12.1 Å². The van der Waals surface area contributed by atoms with Gasteiger partial charge in [0.1, 0.15) is 0 Å². The molecule has 1 aliphatic rings. The van der Waals surface area contributed by atoms with E-state index in [4.69, 9.17) is 11.6 Å². The largest absolute Gasteiger partial charge is 0.478 e. The third kappa shape index (κ3) is 3.45. The molecule has 1 aromatic rings. The predicted molar refractivity (Wildman–Crippen MR) is 82.8 cm³/mol. The second-order valence-corrected chi connectivity index (χ2v) is 6.20. The number of hydrogen-bond acceptors (Lipinski definition) is 2. The molecule has 1 saturated carbocycles. The van der Waals surface area contributed by atoms with Crippen LogP contribution in [0.1, 0.15) is 54.9 Å². The van der Waals surface area contributed by atoms with Crippen LogP contribution in [0.5, 0.6) is 0 Å². The molecule has 4 heteroatoms. The molecule has 1 atom stereocenters. The number of carboxylic acids is 1. The number of benzene rings is 1. The smallest absolute Gasteiger partial charge is 0.336 e. The van der Waals surface area contributed by atoms with Gasteiger partial charge in [0, 0.05) is 16.8 Å². The monoisotopic (exact) mass is 295 g/mol. The normalized spacial score (nSPS) is 17.8. The van der Waals surface area contributed by atoms with Crippen LogP contribution < -0.4 is 5.32 Å².